The van der Waals surface area contributed by atoms with Crippen molar-refractivity contribution in [2.45, 2.75) is 13.0 Å². The summed E-state index contributed by atoms with van der Waals surface area (Å²) in [6.07, 6.45) is 4.04. The van der Waals surface area contributed by atoms with Crippen molar-refractivity contribution in [1.82, 2.24) is 9.55 Å². The third-order valence-electron chi connectivity index (χ3n) is 6.34. The summed E-state index contributed by atoms with van der Waals surface area (Å²) in [6, 6.07) is 28.0. The fourth-order valence-corrected chi connectivity index (χ4v) is 5.04. The van der Waals surface area contributed by atoms with Crippen LogP contribution in [0, 0.1) is 0 Å². The molecule has 0 bridgehead atoms. The molecule has 5 aromatic rings. The maximum absolute atomic E-state index is 13.2. The molecule has 0 aliphatic rings. The number of imidazole rings is 1. The van der Waals surface area contributed by atoms with E-state index < -0.39 is 5.91 Å². The van der Waals surface area contributed by atoms with E-state index in [1.54, 1.807) is 40.8 Å². The third-order valence-corrected chi connectivity index (χ3v) is 7.39. The lowest BCUT2D eigenvalue weighted by molar-refractivity contribution is -0.118. The second kappa shape index (κ2) is 11.8. The van der Waals surface area contributed by atoms with E-state index in [0.29, 0.717) is 33.1 Å². The van der Waals surface area contributed by atoms with Crippen molar-refractivity contribution >= 4 is 63.9 Å². The lowest BCUT2D eigenvalue weighted by Gasteiger charge is -2.17. The zero-order valence-electron chi connectivity index (χ0n) is 21.8. The summed E-state index contributed by atoms with van der Waals surface area (Å²) >= 11 is 1.36. The number of amides is 3. The Kier molecular flexibility index (Phi) is 7.84. The number of hydrogen-bond donors (Lipinski definition) is 2. The molecule has 0 radical (unpaired) electrons. The van der Waals surface area contributed by atoms with Crippen LogP contribution in [0.1, 0.15) is 36.9 Å². The predicted octanol–water partition coefficient (Wildman–Crippen LogP) is 5.67. The maximum atomic E-state index is 13.2. The second-order valence-electron chi connectivity index (χ2n) is 9.11. The van der Waals surface area contributed by atoms with Gasteiger partial charge < -0.3 is 15.2 Å². The van der Waals surface area contributed by atoms with E-state index in [9.17, 15) is 14.4 Å². The number of nitrogens with zero attached hydrogens (tertiary/aromatic N) is 3. The number of nitrogens with two attached hydrogens (primary N) is 1. The van der Waals surface area contributed by atoms with Gasteiger partial charge in [-0.1, -0.05) is 54.6 Å². The van der Waals surface area contributed by atoms with E-state index in [1.165, 1.54) is 11.3 Å². The molecule has 0 spiro atoms. The Labute approximate surface area is 235 Å². The smallest absolute Gasteiger partial charge is 0.268 e. The van der Waals surface area contributed by atoms with Gasteiger partial charge in [0.25, 0.3) is 11.8 Å². The van der Waals surface area contributed by atoms with Gasteiger partial charge in [0.05, 0.1) is 15.9 Å². The highest BCUT2D eigenvalue weighted by Gasteiger charge is 2.19. The Balaban J connectivity index is 1.40. The monoisotopic (exact) mass is 549 g/mol. The fourth-order valence-electron chi connectivity index (χ4n) is 4.23. The van der Waals surface area contributed by atoms with Crippen molar-refractivity contribution in [3.63, 3.8) is 0 Å². The minimum atomic E-state index is -0.461. The normalized spacial score (nSPS) is 11.1. The van der Waals surface area contributed by atoms with Gasteiger partial charge in [-0.15, -0.1) is 11.3 Å². The van der Waals surface area contributed by atoms with Crippen molar-refractivity contribution in [1.29, 1.82) is 0 Å². The summed E-state index contributed by atoms with van der Waals surface area (Å²) in [5, 5.41) is 2.89. The van der Waals surface area contributed by atoms with Crippen LogP contribution in [-0.2, 0) is 11.3 Å². The van der Waals surface area contributed by atoms with E-state index in [0.717, 1.165) is 10.4 Å². The first kappa shape index (κ1) is 26.6. The van der Waals surface area contributed by atoms with Crippen LogP contribution in [0.15, 0.2) is 91.0 Å². The van der Waals surface area contributed by atoms with Crippen LogP contribution in [-0.4, -0.2) is 34.3 Å². The average Bonchev–Trinajstić information content (AvgIpc) is 3.59. The molecule has 3 N–H and O–H groups in total. The molecule has 0 saturated heterocycles. The van der Waals surface area contributed by atoms with Crippen molar-refractivity contribution in [2.24, 2.45) is 5.73 Å². The molecule has 8 nitrogen and oxygen atoms in total. The average molecular weight is 550 g/mol. The Bertz CT molecular complexity index is 1710. The second-order valence-corrected chi connectivity index (χ2v) is 10.2. The number of benzene rings is 3. The highest BCUT2D eigenvalue weighted by Crippen LogP contribution is 2.27. The van der Waals surface area contributed by atoms with Gasteiger partial charge in [0, 0.05) is 36.1 Å². The van der Waals surface area contributed by atoms with E-state index in [-0.39, 0.29) is 24.8 Å². The molecule has 3 amide bonds. The number of aromatic nitrogens is 2. The van der Waals surface area contributed by atoms with Gasteiger partial charge in [0.1, 0.15) is 0 Å². The first-order valence-corrected chi connectivity index (χ1v) is 13.5. The molecule has 0 fully saturated rings. The number of carbonyl (C=O) groups is 3. The summed E-state index contributed by atoms with van der Waals surface area (Å²) in [4.78, 5) is 45.3. The van der Waals surface area contributed by atoms with E-state index in [1.807, 2.05) is 78.9 Å². The maximum Gasteiger partial charge on any atom is 0.268 e. The number of thiophene rings is 1. The first-order valence-electron chi connectivity index (χ1n) is 12.6. The van der Waals surface area contributed by atoms with Gasteiger partial charge in [-0.05, 0) is 54.1 Å². The molecule has 40 heavy (non-hydrogen) atoms. The van der Waals surface area contributed by atoms with Crippen LogP contribution in [0.25, 0.3) is 23.2 Å². The van der Waals surface area contributed by atoms with E-state index >= 15 is 0 Å². The minimum Gasteiger partial charge on any atom is -0.370 e. The van der Waals surface area contributed by atoms with Crippen LogP contribution in [0.4, 0.5) is 11.6 Å². The molecule has 0 aliphatic carbocycles. The molecule has 0 saturated carbocycles. The molecule has 3 aromatic carbocycles. The molecule has 0 unspecified atom stereocenters. The molecule has 5 rings (SSSR count). The number of hydrogen-bond acceptors (Lipinski definition) is 5. The highest BCUT2D eigenvalue weighted by molar-refractivity contribution is 7.15. The van der Waals surface area contributed by atoms with Gasteiger partial charge in [-0.3, -0.25) is 19.7 Å². The van der Waals surface area contributed by atoms with Crippen LogP contribution in [0.3, 0.4) is 0 Å². The Morgan fingerprint density at radius 3 is 2.40 bits per heavy atom. The fraction of sp³-hybridized carbons (Fsp3) is 0.0968. The summed E-state index contributed by atoms with van der Waals surface area (Å²) in [7, 11) is 1.70. The molecule has 9 heteroatoms. The summed E-state index contributed by atoms with van der Waals surface area (Å²) in [5.74, 6) is -0.629. The van der Waals surface area contributed by atoms with E-state index in [2.05, 4.69) is 10.3 Å². The van der Waals surface area contributed by atoms with E-state index in [4.69, 9.17) is 5.73 Å². The van der Waals surface area contributed by atoms with Gasteiger partial charge in [0.15, 0.2) is 0 Å². The van der Waals surface area contributed by atoms with Crippen LogP contribution in [0.2, 0.25) is 0 Å². The van der Waals surface area contributed by atoms with Gasteiger partial charge in [-0.2, -0.15) is 0 Å². The first-order chi connectivity index (χ1) is 19.4. The number of nitrogens with one attached hydrogen (secondary N) is 1. The lowest BCUT2D eigenvalue weighted by Crippen LogP contribution is -2.26. The number of fused-ring (bicyclic) bond motifs is 1. The van der Waals surface area contributed by atoms with Crippen molar-refractivity contribution < 1.29 is 14.4 Å². The minimum absolute atomic E-state index is 0.0793. The largest absolute Gasteiger partial charge is 0.370 e. The summed E-state index contributed by atoms with van der Waals surface area (Å²) < 4.78 is 1.75. The zero-order valence-corrected chi connectivity index (χ0v) is 22.6. The summed E-state index contributed by atoms with van der Waals surface area (Å²) in [5.41, 5.74) is 8.97. The number of carbonyl (C=O) groups excluding carboxylic acids is 3. The zero-order chi connectivity index (χ0) is 28.1. The van der Waals surface area contributed by atoms with Gasteiger partial charge in [-0.25, -0.2) is 4.98 Å². The Hall–Kier alpha value is -5.02. The standard InChI is InChI=1S/C31H27N5O3S/c1-35(30(39)22-10-6-3-7-11-22)23-13-16-26-25(20-23)33-31(36(26)19-18-28(32)37)34-29(38)27-17-15-24(40-27)14-12-21-8-4-2-5-9-21/h2-17,20H,18-19H2,1H3,(H2,32,37)(H,33,34,38)/b14-12+. The topological polar surface area (TPSA) is 110 Å². The number of anilines is 2. The van der Waals surface area contributed by atoms with Gasteiger partial charge >= 0.3 is 0 Å². The predicted molar refractivity (Wildman–Crippen MR) is 160 cm³/mol. The highest BCUT2D eigenvalue weighted by atomic mass is 32.1. The molecular formula is C31H27N5O3S. The summed E-state index contributed by atoms with van der Waals surface area (Å²) in [6.45, 7) is 0.245. The quantitative estimate of drug-likeness (QED) is 0.247. The number of aryl methyl sites for hydroxylation is 1. The van der Waals surface area contributed by atoms with Crippen molar-refractivity contribution in [3.05, 3.63) is 112 Å². The van der Waals surface area contributed by atoms with Crippen molar-refractivity contribution in [3.8, 4) is 0 Å². The van der Waals surface area contributed by atoms with Crippen LogP contribution >= 0.6 is 11.3 Å². The molecule has 0 atom stereocenters. The van der Waals surface area contributed by atoms with Gasteiger partial charge in [0.2, 0.25) is 11.9 Å². The molecular weight excluding hydrogens is 522 g/mol. The third kappa shape index (κ3) is 6.00. The SMILES string of the molecule is CN(C(=O)c1ccccc1)c1ccc2c(c1)nc(NC(=O)c1ccc(/C=C/c3ccccc3)s1)n2CCC(N)=O. The molecule has 0 aliphatic heterocycles. The molecule has 2 heterocycles. The Morgan fingerprint density at radius 2 is 1.68 bits per heavy atom. The molecule has 2 aromatic heterocycles. The van der Waals surface area contributed by atoms with Crippen LogP contribution in [0.5, 0.6) is 0 Å². The van der Waals surface area contributed by atoms with Crippen LogP contribution < -0.4 is 16.0 Å². The Morgan fingerprint density at radius 1 is 0.950 bits per heavy atom. The molecule has 200 valence electrons. The number of primary amides is 1. The van der Waals surface area contributed by atoms with Crippen molar-refractivity contribution in [2.75, 3.05) is 17.3 Å². The lowest BCUT2D eigenvalue weighted by atomic mass is 10.2. The number of rotatable bonds is 9.